The van der Waals surface area contributed by atoms with Crippen molar-refractivity contribution in [1.82, 2.24) is 0 Å². The molecule has 0 spiro atoms. The van der Waals surface area contributed by atoms with Gasteiger partial charge in [-0.05, 0) is 0 Å². The first-order chi connectivity index (χ1) is 12.5. The number of hydrogen-bond donors (Lipinski definition) is 9. The third-order valence-electron chi connectivity index (χ3n) is 4.28. The largest absolute Gasteiger partial charge is 1.00 e. The normalized spacial score (nSPS) is 44.3. The molecule has 2 aliphatic rings. The maximum atomic E-state index is 11.2. The van der Waals surface area contributed by atoms with Gasteiger partial charge in [0.25, 0.3) is 0 Å². The summed E-state index contributed by atoms with van der Waals surface area (Å²) in [6.45, 7) is -2.68. The molecule has 162 valence electrons. The van der Waals surface area contributed by atoms with Gasteiger partial charge in [0.2, 0.25) is 5.79 Å². The molecule has 0 aliphatic carbocycles. The molecule has 14 nitrogen and oxygen atoms in total. The van der Waals surface area contributed by atoms with E-state index in [1.807, 2.05) is 0 Å². The number of ether oxygens (including phenoxy) is 3. The van der Waals surface area contributed by atoms with Gasteiger partial charge in [-0.1, -0.05) is 0 Å². The molecule has 2 rings (SSSR count). The van der Waals surface area contributed by atoms with Crippen LogP contribution in [0.2, 0.25) is 0 Å². The zero-order chi connectivity index (χ0) is 20.6. The van der Waals surface area contributed by atoms with E-state index in [-0.39, 0.29) is 31.0 Å². The van der Waals surface area contributed by atoms with Gasteiger partial charge in [0.05, 0.1) is 19.8 Å². The molecule has 0 saturated carbocycles. The van der Waals surface area contributed by atoms with Crippen molar-refractivity contribution < 1.29 is 99.8 Å². The van der Waals surface area contributed by atoms with Gasteiger partial charge in [-0.2, -0.15) is 0 Å². The smallest absolute Gasteiger partial charge is 1.00 e. The summed E-state index contributed by atoms with van der Waals surface area (Å²) in [6.07, 6.45) is -14.0. The zero-order valence-electron chi connectivity index (χ0n) is 15.8. The first-order valence-corrected chi connectivity index (χ1v) is 9.32. The average molecular weight is 446 g/mol. The molecule has 2 saturated heterocycles. The minimum Gasteiger partial charge on any atom is -1.00 e. The second-order valence-corrected chi connectivity index (χ2v) is 7.35. The van der Waals surface area contributed by atoms with E-state index in [0.29, 0.717) is 0 Å². The van der Waals surface area contributed by atoms with Gasteiger partial charge in [0, 0.05) is 0 Å². The van der Waals surface area contributed by atoms with E-state index < -0.39 is 82.4 Å². The molecule has 0 aromatic rings. The third-order valence-corrected chi connectivity index (χ3v) is 4.79. The Bertz CT molecular complexity index is 555. The number of hydrogen-bond acceptors (Lipinski definition) is 12. The maximum absolute atomic E-state index is 11.2. The van der Waals surface area contributed by atoms with Gasteiger partial charge >= 0.3 is 37.4 Å². The van der Waals surface area contributed by atoms with Crippen molar-refractivity contribution >= 4 is 7.82 Å². The fraction of sp³-hybridized carbons (Fsp3) is 1.00. The van der Waals surface area contributed by atoms with Gasteiger partial charge in [-0.15, -0.1) is 0 Å². The van der Waals surface area contributed by atoms with Crippen LogP contribution in [0.4, 0.5) is 0 Å². The Hall–Kier alpha value is 0.710. The molecule has 9 N–H and O–H groups in total. The number of phosphoric acid groups is 1. The molecule has 0 unspecified atom stereocenters. The molecule has 28 heavy (non-hydrogen) atoms. The summed E-state index contributed by atoms with van der Waals surface area (Å²) in [4.78, 5) is 18.0. The first-order valence-electron chi connectivity index (χ1n) is 7.79. The molecule has 2 aliphatic heterocycles. The van der Waals surface area contributed by atoms with Crippen molar-refractivity contribution in [3.63, 3.8) is 0 Å². The van der Waals surface area contributed by atoms with Crippen LogP contribution in [0.15, 0.2) is 0 Å². The molecular formula is C12H24NaO14P. The Morgan fingerprint density at radius 1 is 1.00 bits per heavy atom. The van der Waals surface area contributed by atoms with Gasteiger partial charge in [-0.3, -0.25) is 4.52 Å². The fourth-order valence-electron chi connectivity index (χ4n) is 2.88. The van der Waals surface area contributed by atoms with Crippen LogP contribution >= 0.6 is 7.82 Å². The van der Waals surface area contributed by atoms with Crippen LogP contribution in [-0.2, 0) is 23.3 Å². The summed E-state index contributed by atoms with van der Waals surface area (Å²) < 4.78 is 30.9. The molecule has 0 aromatic heterocycles. The van der Waals surface area contributed by atoms with E-state index in [2.05, 4.69) is 4.52 Å². The van der Waals surface area contributed by atoms with Crippen LogP contribution in [0.1, 0.15) is 1.43 Å². The average Bonchev–Trinajstić information content (AvgIpc) is 2.85. The molecule has 0 radical (unpaired) electrons. The maximum Gasteiger partial charge on any atom is 1.00 e. The summed E-state index contributed by atoms with van der Waals surface area (Å²) >= 11 is 0. The van der Waals surface area contributed by atoms with Crippen LogP contribution in [0, 0.1) is 0 Å². The van der Waals surface area contributed by atoms with Crippen molar-refractivity contribution in [2.75, 3.05) is 19.8 Å². The van der Waals surface area contributed by atoms with E-state index in [4.69, 9.17) is 29.1 Å². The van der Waals surface area contributed by atoms with Crippen molar-refractivity contribution in [2.45, 2.75) is 54.8 Å². The summed E-state index contributed by atoms with van der Waals surface area (Å²) in [5.41, 5.74) is 0. The fourth-order valence-corrected chi connectivity index (χ4v) is 3.43. The van der Waals surface area contributed by atoms with Crippen LogP contribution in [0.3, 0.4) is 0 Å². The molecule has 0 aromatic carbocycles. The quantitative estimate of drug-likeness (QED) is 0.130. The molecule has 2 heterocycles. The van der Waals surface area contributed by atoms with Gasteiger partial charge in [0.1, 0.15) is 42.7 Å². The number of phosphoric ester groups is 1. The summed E-state index contributed by atoms with van der Waals surface area (Å²) in [5, 5.41) is 67.7. The van der Waals surface area contributed by atoms with Gasteiger partial charge in [-0.25, -0.2) is 4.57 Å². The van der Waals surface area contributed by atoms with Crippen molar-refractivity contribution in [3.05, 3.63) is 0 Å². The second-order valence-electron chi connectivity index (χ2n) is 6.15. The molecule has 0 amide bonds. The minimum absolute atomic E-state index is 0. The standard InChI is InChI=1S/C12H23O14P.Na.H/c13-1-4-6(16)7(17)9(26-27(20,21)22)11(23-4)24-8-5(2-14)25-12(19,3-15)10(8)18;;/h4-11,13-19H,1-3H2,(H2,20,21,22);;/q;+1;-1/t4-,5-,6+,7+,8-,9-,10+,11+,12-;;/m1../s1. The summed E-state index contributed by atoms with van der Waals surface area (Å²) in [5.74, 6) is -2.50. The second kappa shape index (κ2) is 10.3. The molecule has 0 bridgehead atoms. The number of aliphatic hydroxyl groups excluding tert-OH is 6. The van der Waals surface area contributed by atoms with Crippen LogP contribution in [-0.4, -0.2) is 120 Å². The Kier molecular flexibility index (Phi) is 9.88. The van der Waals surface area contributed by atoms with Gasteiger partial charge in [0.15, 0.2) is 6.29 Å². The van der Waals surface area contributed by atoms with Crippen LogP contribution in [0.5, 0.6) is 0 Å². The molecule has 16 heteroatoms. The molecule has 2 fully saturated rings. The van der Waals surface area contributed by atoms with Crippen molar-refractivity contribution in [3.8, 4) is 0 Å². The van der Waals surface area contributed by atoms with E-state index in [1.54, 1.807) is 0 Å². The predicted octanol–water partition coefficient (Wildman–Crippen LogP) is -8.16. The van der Waals surface area contributed by atoms with E-state index in [9.17, 15) is 35.2 Å². The predicted molar refractivity (Wildman–Crippen MR) is 80.7 cm³/mol. The van der Waals surface area contributed by atoms with E-state index in [0.717, 1.165) is 0 Å². The van der Waals surface area contributed by atoms with Crippen molar-refractivity contribution in [2.24, 2.45) is 0 Å². The molecule has 9 atom stereocenters. The Morgan fingerprint density at radius 3 is 2.04 bits per heavy atom. The van der Waals surface area contributed by atoms with Crippen LogP contribution in [0.25, 0.3) is 0 Å². The Morgan fingerprint density at radius 2 is 1.57 bits per heavy atom. The topological polar surface area (TPSA) is 236 Å². The molecular weight excluding hydrogens is 422 g/mol. The number of rotatable bonds is 7. The summed E-state index contributed by atoms with van der Waals surface area (Å²) in [6, 6.07) is 0. The van der Waals surface area contributed by atoms with Crippen molar-refractivity contribution in [1.29, 1.82) is 0 Å². The van der Waals surface area contributed by atoms with E-state index >= 15 is 0 Å². The third kappa shape index (κ3) is 5.69. The Labute approximate surface area is 182 Å². The SMILES string of the molecule is O=P(O)(O)O[C@H]1[C@H](O[C@@H]2[C@@H](CO)O[C@](O)(CO)[C@H]2O)O[C@H](CO)[C@H](O)[C@@H]1O.[H-].[Na+]. The first kappa shape index (κ1) is 26.7. The minimum atomic E-state index is -5.20. The van der Waals surface area contributed by atoms with Crippen LogP contribution < -0.4 is 29.6 Å². The summed E-state index contributed by atoms with van der Waals surface area (Å²) in [7, 11) is -5.20. The number of aliphatic hydroxyl groups is 7. The monoisotopic (exact) mass is 446 g/mol. The zero-order valence-corrected chi connectivity index (χ0v) is 17.6. The van der Waals surface area contributed by atoms with Gasteiger partial charge < -0.3 is 61.2 Å². The Balaban J connectivity index is 0.00000392. The van der Waals surface area contributed by atoms with E-state index in [1.165, 1.54) is 0 Å².